The summed E-state index contributed by atoms with van der Waals surface area (Å²) in [6.45, 7) is 1.75. The summed E-state index contributed by atoms with van der Waals surface area (Å²) in [5, 5.41) is 7.67. The molecule has 32 heavy (non-hydrogen) atoms. The number of carbonyl (C=O) groups is 3. The van der Waals surface area contributed by atoms with Gasteiger partial charge in [0.15, 0.2) is 5.69 Å². The summed E-state index contributed by atoms with van der Waals surface area (Å²) in [6, 6.07) is 6.52. The number of primary amides is 1. The van der Waals surface area contributed by atoms with E-state index in [-0.39, 0.29) is 36.0 Å². The van der Waals surface area contributed by atoms with Crippen molar-refractivity contribution in [2.24, 2.45) is 11.7 Å². The minimum absolute atomic E-state index is 0.0179. The lowest BCUT2D eigenvalue weighted by molar-refractivity contribution is -0.141. The van der Waals surface area contributed by atoms with Crippen LogP contribution in [0.2, 0.25) is 0 Å². The lowest BCUT2D eigenvalue weighted by Gasteiger charge is -2.34. The number of fused-ring (bicyclic) bond motifs is 3. The van der Waals surface area contributed by atoms with E-state index < -0.39 is 11.9 Å². The second kappa shape index (κ2) is 7.70. The molecule has 0 unspecified atom stereocenters. The van der Waals surface area contributed by atoms with Crippen molar-refractivity contribution in [1.82, 2.24) is 24.6 Å². The average molecular weight is 433 g/mol. The fraction of sp³-hybridized carbons (Fsp3) is 0.364. The standard InChI is InChI=1S/C22H23N7O3/c1-12-3-2-4-17(25-12)26-22(32)20-13-5-6-14(9-13)29(20)18(30)11-28-16-10-24-8-7-15(16)19(27-28)21(23)31/h2-4,7-8,10,13-14,20H,5-6,9,11H2,1H3,(H2,23,31)(H,25,26,32)/t13-,14+,20-/m0/s1. The zero-order valence-electron chi connectivity index (χ0n) is 17.6. The van der Waals surface area contributed by atoms with Gasteiger partial charge in [-0.1, -0.05) is 6.07 Å². The molecule has 0 aromatic carbocycles. The molecule has 1 saturated heterocycles. The van der Waals surface area contributed by atoms with Gasteiger partial charge < -0.3 is 16.0 Å². The molecule has 0 spiro atoms. The van der Waals surface area contributed by atoms with Gasteiger partial charge in [0.2, 0.25) is 11.8 Å². The van der Waals surface area contributed by atoms with Crippen molar-refractivity contribution < 1.29 is 14.4 Å². The maximum Gasteiger partial charge on any atom is 0.269 e. The quantitative estimate of drug-likeness (QED) is 0.621. The summed E-state index contributed by atoms with van der Waals surface area (Å²) < 4.78 is 1.44. The number of hydrogen-bond donors (Lipinski definition) is 2. The molecule has 4 heterocycles. The number of amides is 3. The smallest absolute Gasteiger partial charge is 0.269 e. The second-order valence-corrected chi connectivity index (χ2v) is 8.39. The van der Waals surface area contributed by atoms with Crippen LogP contribution in [0.15, 0.2) is 36.7 Å². The van der Waals surface area contributed by atoms with Crippen LogP contribution >= 0.6 is 0 Å². The molecule has 2 bridgehead atoms. The molecule has 2 aliphatic rings. The first-order valence-electron chi connectivity index (χ1n) is 10.6. The highest BCUT2D eigenvalue weighted by Crippen LogP contribution is 2.43. The van der Waals surface area contributed by atoms with Gasteiger partial charge in [-0.2, -0.15) is 5.10 Å². The second-order valence-electron chi connectivity index (χ2n) is 8.39. The van der Waals surface area contributed by atoms with E-state index in [9.17, 15) is 14.4 Å². The van der Waals surface area contributed by atoms with E-state index in [1.807, 2.05) is 19.1 Å². The molecule has 2 fully saturated rings. The minimum atomic E-state index is -0.671. The zero-order valence-corrected chi connectivity index (χ0v) is 17.6. The van der Waals surface area contributed by atoms with Gasteiger partial charge >= 0.3 is 0 Å². The molecule has 3 aromatic heterocycles. The van der Waals surface area contributed by atoms with Crippen LogP contribution in [0.3, 0.4) is 0 Å². The van der Waals surface area contributed by atoms with Crippen LogP contribution in [0, 0.1) is 12.8 Å². The Labute approximate surface area is 183 Å². The number of hydrogen-bond acceptors (Lipinski definition) is 6. The normalized spacial score (nSPS) is 21.8. The fourth-order valence-electron chi connectivity index (χ4n) is 5.03. The lowest BCUT2D eigenvalue weighted by atomic mass is 9.97. The molecule has 1 aliphatic heterocycles. The Morgan fingerprint density at radius 2 is 2.06 bits per heavy atom. The van der Waals surface area contributed by atoms with Crippen molar-refractivity contribution in [2.45, 2.75) is 44.8 Å². The molecule has 1 saturated carbocycles. The molecular formula is C22H23N7O3. The molecule has 5 rings (SSSR count). The summed E-state index contributed by atoms with van der Waals surface area (Å²) >= 11 is 0. The van der Waals surface area contributed by atoms with Crippen LogP contribution < -0.4 is 11.1 Å². The number of piperidine rings is 1. The lowest BCUT2D eigenvalue weighted by Crippen LogP contribution is -2.52. The van der Waals surface area contributed by atoms with Gasteiger partial charge in [-0.05, 0) is 50.3 Å². The van der Waals surface area contributed by atoms with Crippen LogP contribution in [0.25, 0.3) is 10.9 Å². The number of pyridine rings is 2. The van der Waals surface area contributed by atoms with E-state index in [0.717, 1.165) is 25.0 Å². The van der Waals surface area contributed by atoms with E-state index in [0.29, 0.717) is 16.7 Å². The average Bonchev–Trinajstić information content (AvgIpc) is 3.47. The van der Waals surface area contributed by atoms with Gasteiger partial charge in [0.1, 0.15) is 18.4 Å². The van der Waals surface area contributed by atoms with Crippen molar-refractivity contribution in [2.75, 3.05) is 5.32 Å². The minimum Gasteiger partial charge on any atom is -0.364 e. The molecule has 3 aromatic rings. The largest absolute Gasteiger partial charge is 0.364 e. The number of aromatic nitrogens is 4. The summed E-state index contributed by atoms with van der Waals surface area (Å²) in [5.74, 6) is -0.533. The molecule has 3 N–H and O–H groups in total. The highest BCUT2D eigenvalue weighted by Gasteiger charge is 2.51. The number of anilines is 1. The topological polar surface area (TPSA) is 136 Å². The monoisotopic (exact) mass is 433 g/mol. The first-order valence-corrected chi connectivity index (χ1v) is 10.6. The fourth-order valence-corrected chi connectivity index (χ4v) is 5.03. The molecule has 3 atom stereocenters. The van der Waals surface area contributed by atoms with Gasteiger partial charge in [0.25, 0.3) is 5.91 Å². The molecule has 0 radical (unpaired) electrons. The summed E-state index contributed by atoms with van der Waals surface area (Å²) in [5.41, 5.74) is 6.89. The van der Waals surface area contributed by atoms with Gasteiger partial charge in [0, 0.05) is 23.3 Å². The van der Waals surface area contributed by atoms with Crippen LogP contribution in [0.4, 0.5) is 5.82 Å². The Bertz CT molecular complexity index is 1240. The van der Waals surface area contributed by atoms with Gasteiger partial charge in [-0.3, -0.25) is 24.0 Å². The Balaban J connectivity index is 1.41. The molecular weight excluding hydrogens is 410 g/mol. The molecule has 164 valence electrons. The summed E-state index contributed by atoms with van der Waals surface area (Å²) in [6.07, 6.45) is 5.68. The van der Waals surface area contributed by atoms with E-state index >= 15 is 0 Å². The molecule has 3 amide bonds. The first kappa shape index (κ1) is 20.1. The van der Waals surface area contributed by atoms with Crippen LogP contribution in [0.5, 0.6) is 0 Å². The Kier molecular flexibility index (Phi) is 4.84. The van der Waals surface area contributed by atoms with Crippen molar-refractivity contribution >= 4 is 34.4 Å². The van der Waals surface area contributed by atoms with Gasteiger partial charge in [0.05, 0.1) is 11.7 Å². The SMILES string of the molecule is Cc1cccc(NC(=O)[C@@H]2[C@H]3CC[C@H](C3)N2C(=O)Cn2nc(C(N)=O)c3ccncc32)n1. The van der Waals surface area contributed by atoms with Crippen molar-refractivity contribution in [3.05, 3.63) is 48.0 Å². The number of nitrogens with one attached hydrogen (secondary N) is 1. The van der Waals surface area contributed by atoms with Gasteiger partial charge in [-0.15, -0.1) is 0 Å². The number of carbonyl (C=O) groups excluding carboxylic acids is 3. The Hall–Kier alpha value is -3.82. The number of nitrogens with zero attached hydrogens (tertiary/aromatic N) is 5. The van der Waals surface area contributed by atoms with E-state index in [4.69, 9.17) is 5.73 Å². The van der Waals surface area contributed by atoms with Crippen molar-refractivity contribution in [3.8, 4) is 0 Å². The maximum atomic E-state index is 13.4. The molecule has 1 aliphatic carbocycles. The number of rotatable bonds is 5. The van der Waals surface area contributed by atoms with Crippen molar-refractivity contribution in [1.29, 1.82) is 0 Å². The maximum absolute atomic E-state index is 13.4. The predicted molar refractivity (Wildman–Crippen MR) is 115 cm³/mol. The van der Waals surface area contributed by atoms with Gasteiger partial charge in [-0.25, -0.2) is 4.98 Å². The van der Waals surface area contributed by atoms with Crippen LogP contribution in [-0.4, -0.2) is 54.5 Å². The summed E-state index contributed by atoms with van der Waals surface area (Å²) in [4.78, 5) is 48.4. The number of aryl methyl sites for hydroxylation is 1. The Morgan fingerprint density at radius 3 is 2.84 bits per heavy atom. The Morgan fingerprint density at radius 1 is 1.22 bits per heavy atom. The zero-order chi connectivity index (χ0) is 22.4. The third kappa shape index (κ3) is 3.37. The first-order chi connectivity index (χ1) is 15.4. The number of nitrogens with two attached hydrogens (primary N) is 1. The number of likely N-dealkylation sites (tertiary alicyclic amines) is 1. The highest BCUT2D eigenvalue weighted by atomic mass is 16.2. The molecule has 10 nitrogen and oxygen atoms in total. The van der Waals surface area contributed by atoms with Crippen LogP contribution in [0.1, 0.15) is 35.4 Å². The third-order valence-electron chi connectivity index (χ3n) is 6.35. The van der Waals surface area contributed by atoms with Crippen molar-refractivity contribution in [3.63, 3.8) is 0 Å². The van der Waals surface area contributed by atoms with E-state index in [1.165, 1.54) is 4.68 Å². The summed E-state index contributed by atoms with van der Waals surface area (Å²) in [7, 11) is 0. The van der Waals surface area contributed by atoms with Crippen LogP contribution in [-0.2, 0) is 16.1 Å². The van der Waals surface area contributed by atoms with E-state index in [2.05, 4.69) is 20.4 Å². The third-order valence-corrected chi connectivity index (χ3v) is 6.35. The molecule has 10 heteroatoms. The van der Waals surface area contributed by atoms with E-state index in [1.54, 1.807) is 29.4 Å². The highest BCUT2D eigenvalue weighted by molar-refractivity contribution is 6.04. The predicted octanol–water partition coefficient (Wildman–Crippen LogP) is 1.25.